The van der Waals surface area contributed by atoms with E-state index in [0.29, 0.717) is 6.42 Å². The van der Waals surface area contributed by atoms with Gasteiger partial charge in [-0.15, -0.1) is 0 Å². The van der Waals surface area contributed by atoms with Crippen molar-refractivity contribution < 1.29 is 19.5 Å². The van der Waals surface area contributed by atoms with E-state index in [1.54, 1.807) is 25.9 Å². The highest BCUT2D eigenvalue weighted by Crippen LogP contribution is 2.38. The number of aliphatic hydroxyl groups is 1. The summed E-state index contributed by atoms with van der Waals surface area (Å²) in [6, 6.07) is 2.03. The van der Waals surface area contributed by atoms with E-state index in [1.807, 2.05) is 26.8 Å². The number of rotatable bonds is 4. The Morgan fingerprint density at radius 1 is 1.11 bits per heavy atom. The number of Topliss-reactive ketones (excluding diaryl/α,β-unsaturated/α-hetero) is 2. The average Bonchev–Trinajstić information content (AvgIpc) is 2.57. The zero-order chi connectivity index (χ0) is 20.5. The number of hydrogen-bond acceptors (Lipinski definition) is 4. The lowest BCUT2D eigenvalue weighted by Crippen LogP contribution is -2.28. The van der Waals surface area contributed by atoms with Crippen molar-refractivity contribution in [2.24, 2.45) is 0 Å². The van der Waals surface area contributed by atoms with E-state index in [-0.39, 0.29) is 54.0 Å². The Morgan fingerprint density at radius 3 is 2.15 bits per heavy atom. The molecule has 0 bridgehead atoms. The van der Waals surface area contributed by atoms with Gasteiger partial charge in [-0.3, -0.25) is 14.4 Å². The molecule has 0 spiro atoms. The number of allylic oxidation sites excluding steroid dienone is 2. The molecule has 1 N–H and O–H groups in total. The van der Waals surface area contributed by atoms with E-state index >= 15 is 0 Å². The summed E-state index contributed by atoms with van der Waals surface area (Å²) >= 11 is 0. The van der Waals surface area contributed by atoms with Crippen molar-refractivity contribution in [1.29, 1.82) is 0 Å². The van der Waals surface area contributed by atoms with Gasteiger partial charge in [0.15, 0.2) is 11.6 Å². The molecule has 0 unspecified atom stereocenters. The molecule has 5 heteroatoms. The van der Waals surface area contributed by atoms with E-state index in [2.05, 4.69) is 0 Å². The summed E-state index contributed by atoms with van der Waals surface area (Å²) < 4.78 is 0. The molecule has 1 aliphatic rings. The Bertz CT molecular complexity index is 813. The molecule has 0 atom stereocenters. The third-order valence-electron chi connectivity index (χ3n) is 5.47. The van der Waals surface area contributed by atoms with Crippen molar-refractivity contribution in [1.82, 2.24) is 4.90 Å². The van der Waals surface area contributed by atoms with Crippen LogP contribution in [0.25, 0.3) is 0 Å². The highest BCUT2D eigenvalue weighted by atomic mass is 16.3. The summed E-state index contributed by atoms with van der Waals surface area (Å²) in [5, 5.41) is 9.92. The normalized spacial score (nSPS) is 17.3. The molecule has 0 aliphatic heterocycles. The lowest BCUT2D eigenvalue weighted by atomic mass is 9.75. The summed E-state index contributed by atoms with van der Waals surface area (Å²) in [7, 11) is 3.46. The molecule has 0 heterocycles. The number of likely N-dealkylation sites (N-methyl/N-ethyl adjacent to an activating group) is 1. The van der Waals surface area contributed by atoms with Crippen molar-refractivity contribution in [3.8, 4) is 0 Å². The molecule has 27 heavy (non-hydrogen) atoms. The summed E-state index contributed by atoms with van der Waals surface area (Å²) in [5.74, 6) is -0.892. The van der Waals surface area contributed by atoms with E-state index < -0.39 is 0 Å². The molecule has 0 aromatic heterocycles. The van der Waals surface area contributed by atoms with Gasteiger partial charge >= 0.3 is 0 Å². The summed E-state index contributed by atoms with van der Waals surface area (Å²) in [6.07, 6.45) is 0.985. The van der Waals surface area contributed by atoms with Crippen LogP contribution < -0.4 is 0 Å². The van der Waals surface area contributed by atoms with Crippen molar-refractivity contribution >= 4 is 17.5 Å². The molecular weight excluding hydrogens is 342 g/mol. The van der Waals surface area contributed by atoms with Crippen LogP contribution in [0.4, 0.5) is 0 Å². The second-order valence-corrected chi connectivity index (χ2v) is 7.62. The number of amides is 1. The lowest BCUT2D eigenvalue weighted by Gasteiger charge is -2.28. The molecule has 2 rings (SSSR count). The highest BCUT2D eigenvalue weighted by Gasteiger charge is 2.35. The minimum Gasteiger partial charge on any atom is -0.511 e. The quantitative estimate of drug-likeness (QED) is 0.499. The number of ketones is 2. The van der Waals surface area contributed by atoms with Crippen LogP contribution in [0.3, 0.4) is 0 Å². The number of carbonyl (C=O) groups is 3. The van der Waals surface area contributed by atoms with Gasteiger partial charge in [-0.2, -0.15) is 0 Å². The van der Waals surface area contributed by atoms with Gasteiger partial charge in [-0.05, 0) is 54.5 Å². The van der Waals surface area contributed by atoms with Gasteiger partial charge in [0.1, 0.15) is 5.76 Å². The number of carbonyl (C=O) groups excluding carboxylic acids is 3. The van der Waals surface area contributed by atoms with E-state index in [1.165, 1.54) is 0 Å². The minimum atomic E-state index is -0.291. The van der Waals surface area contributed by atoms with Gasteiger partial charge in [-0.25, -0.2) is 0 Å². The fourth-order valence-electron chi connectivity index (χ4n) is 4.04. The molecule has 1 amide bonds. The lowest BCUT2D eigenvalue weighted by molar-refractivity contribution is -0.128. The Kier molecular flexibility index (Phi) is 6.24. The van der Waals surface area contributed by atoms with E-state index in [9.17, 15) is 19.5 Å². The van der Waals surface area contributed by atoms with Gasteiger partial charge in [0.2, 0.25) is 5.91 Å². The van der Waals surface area contributed by atoms with Gasteiger partial charge in [0, 0.05) is 33.4 Å². The third kappa shape index (κ3) is 4.12. The van der Waals surface area contributed by atoms with Gasteiger partial charge in [-0.1, -0.05) is 13.0 Å². The predicted molar refractivity (Wildman–Crippen MR) is 105 cm³/mol. The van der Waals surface area contributed by atoms with Crippen LogP contribution in [-0.2, 0) is 20.8 Å². The third-order valence-corrected chi connectivity index (χ3v) is 5.47. The number of aryl methyl sites for hydroxylation is 2. The van der Waals surface area contributed by atoms with E-state index in [0.717, 1.165) is 27.8 Å². The highest BCUT2D eigenvalue weighted by molar-refractivity contribution is 6.22. The van der Waals surface area contributed by atoms with Crippen LogP contribution in [0, 0.1) is 20.8 Å². The molecule has 1 fully saturated rings. The SMILES string of the molecule is CCC(O)=C1C(=O)CC(c2c(C)cc(C)c(CC(=O)N(C)C)c2C)CC1=O. The Morgan fingerprint density at radius 2 is 1.67 bits per heavy atom. The van der Waals surface area contributed by atoms with Crippen LogP contribution in [0.5, 0.6) is 0 Å². The van der Waals surface area contributed by atoms with Crippen molar-refractivity contribution in [2.75, 3.05) is 14.1 Å². The average molecular weight is 371 g/mol. The zero-order valence-corrected chi connectivity index (χ0v) is 17.1. The molecule has 1 aromatic carbocycles. The number of hydrogen-bond donors (Lipinski definition) is 1. The summed E-state index contributed by atoms with van der Waals surface area (Å²) in [6.45, 7) is 7.66. The zero-order valence-electron chi connectivity index (χ0n) is 17.1. The molecule has 0 radical (unpaired) electrons. The van der Waals surface area contributed by atoms with Crippen LogP contribution in [0.2, 0.25) is 0 Å². The van der Waals surface area contributed by atoms with E-state index in [4.69, 9.17) is 0 Å². The molecule has 5 nitrogen and oxygen atoms in total. The maximum atomic E-state index is 12.5. The maximum Gasteiger partial charge on any atom is 0.226 e. The predicted octanol–water partition coefficient (Wildman–Crippen LogP) is 3.48. The molecule has 0 saturated heterocycles. The van der Waals surface area contributed by atoms with Crippen molar-refractivity contribution in [3.05, 3.63) is 45.2 Å². The van der Waals surface area contributed by atoms with Crippen molar-refractivity contribution in [3.63, 3.8) is 0 Å². The monoisotopic (exact) mass is 371 g/mol. The first-order chi connectivity index (χ1) is 12.6. The maximum absolute atomic E-state index is 12.5. The summed E-state index contributed by atoms with van der Waals surface area (Å²) in [5.41, 5.74) is 4.98. The minimum absolute atomic E-state index is 0.0184. The fourth-order valence-corrected chi connectivity index (χ4v) is 4.04. The van der Waals surface area contributed by atoms with Gasteiger partial charge < -0.3 is 10.0 Å². The first kappa shape index (κ1) is 20.9. The topological polar surface area (TPSA) is 74.7 Å². The Balaban J connectivity index is 2.46. The Labute approximate surface area is 161 Å². The number of aliphatic hydroxyl groups excluding tert-OH is 1. The Hall–Kier alpha value is -2.43. The smallest absolute Gasteiger partial charge is 0.226 e. The number of nitrogens with zero attached hydrogens (tertiary/aromatic N) is 1. The fraction of sp³-hybridized carbons (Fsp3) is 0.500. The first-order valence-electron chi connectivity index (χ1n) is 9.36. The first-order valence-corrected chi connectivity index (χ1v) is 9.36. The largest absolute Gasteiger partial charge is 0.511 e. The standard InChI is InChI=1S/C22H29NO4/c1-7-17(24)22-18(25)9-15(10-19(22)26)21-13(3)8-12(2)16(14(21)4)11-20(27)23(5)6/h8,15,24H,7,9-11H2,1-6H3. The second kappa shape index (κ2) is 8.07. The van der Waals surface area contributed by atoms with Gasteiger partial charge in [0.25, 0.3) is 0 Å². The van der Waals surface area contributed by atoms with Crippen LogP contribution in [0.1, 0.15) is 59.9 Å². The molecule has 146 valence electrons. The van der Waals surface area contributed by atoms with Crippen LogP contribution in [-0.4, -0.2) is 41.6 Å². The molecule has 1 saturated carbocycles. The van der Waals surface area contributed by atoms with Crippen molar-refractivity contribution in [2.45, 2.75) is 59.3 Å². The summed E-state index contributed by atoms with van der Waals surface area (Å²) in [4.78, 5) is 38.9. The van der Waals surface area contributed by atoms with Gasteiger partial charge in [0.05, 0.1) is 12.0 Å². The van der Waals surface area contributed by atoms with Crippen LogP contribution >= 0.6 is 0 Å². The molecule has 1 aromatic rings. The number of benzene rings is 1. The molecular formula is C22H29NO4. The molecule has 1 aliphatic carbocycles. The second-order valence-electron chi connectivity index (χ2n) is 7.62. The van der Waals surface area contributed by atoms with Crippen LogP contribution in [0.15, 0.2) is 17.4 Å².